The van der Waals surface area contributed by atoms with Gasteiger partial charge in [0.1, 0.15) is 0 Å². The van der Waals surface area contributed by atoms with Crippen LogP contribution >= 0.6 is 0 Å². The molecule has 2 N–H and O–H groups in total. The van der Waals surface area contributed by atoms with Gasteiger partial charge < -0.3 is 15.2 Å². The number of carbonyl (C=O) groups excluding carboxylic acids is 1. The van der Waals surface area contributed by atoms with Crippen molar-refractivity contribution in [3.8, 4) is 0 Å². The van der Waals surface area contributed by atoms with Gasteiger partial charge in [-0.1, -0.05) is 0 Å². The molecule has 2 aromatic rings. The second-order valence-electron chi connectivity index (χ2n) is 6.12. The minimum atomic E-state index is 0.185. The Morgan fingerprint density at radius 3 is 2.75 bits per heavy atom. The molecule has 4 nitrogen and oxygen atoms in total. The van der Waals surface area contributed by atoms with Crippen LogP contribution in [0.15, 0.2) is 30.5 Å². The highest BCUT2D eigenvalue weighted by Crippen LogP contribution is 2.26. The van der Waals surface area contributed by atoms with Gasteiger partial charge in [0.15, 0.2) is 0 Å². The summed E-state index contributed by atoms with van der Waals surface area (Å²) < 4.78 is 0. The molecule has 104 valence electrons. The number of rotatable bonds is 1. The third kappa shape index (κ3) is 2.00. The Morgan fingerprint density at radius 2 is 1.95 bits per heavy atom. The van der Waals surface area contributed by atoms with E-state index < -0.39 is 0 Å². The van der Waals surface area contributed by atoms with E-state index in [-0.39, 0.29) is 5.91 Å². The molecule has 1 aromatic carbocycles. The SMILES string of the molecule is O=C(c1ccc2[nH]ccc2c1)N1C[C@@H]2CNC[C@@H](C2)C1. The highest BCUT2D eigenvalue weighted by Gasteiger charge is 2.32. The number of amides is 1. The van der Waals surface area contributed by atoms with Crippen molar-refractivity contribution in [2.75, 3.05) is 26.2 Å². The third-order valence-corrected chi connectivity index (χ3v) is 4.58. The average Bonchev–Trinajstić information content (AvgIpc) is 2.93. The van der Waals surface area contributed by atoms with Gasteiger partial charge in [-0.15, -0.1) is 0 Å². The van der Waals surface area contributed by atoms with Crippen LogP contribution in [-0.2, 0) is 0 Å². The standard InChI is InChI=1S/C16H19N3O/c20-16(14-1-2-15-13(6-14)3-4-18-15)19-9-11-5-12(10-19)8-17-7-11/h1-4,6,11-12,17-18H,5,7-10H2/t11-,12+. The van der Waals surface area contributed by atoms with Crippen LogP contribution in [0.2, 0.25) is 0 Å². The Labute approximate surface area is 118 Å². The summed E-state index contributed by atoms with van der Waals surface area (Å²) in [6.45, 7) is 3.90. The third-order valence-electron chi connectivity index (χ3n) is 4.58. The maximum atomic E-state index is 12.7. The Bertz CT molecular complexity index is 636. The zero-order valence-electron chi connectivity index (χ0n) is 11.4. The van der Waals surface area contributed by atoms with Gasteiger partial charge >= 0.3 is 0 Å². The molecule has 0 aliphatic carbocycles. The summed E-state index contributed by atoms with van der Waals surface area (Å²) in [4.78, 5) is 17.9. The molecule has 2 fully saturated rings. The summed E-state index contributed by atoms with van der Waals surface area (Å²) in [6.07, 6.45) is 3.18. The lowest BCUT2D eigenvalue weighted by Crippen LogP contribution is -2.52. The molecule has 1 amide bonds. The normalized spacial score (nSPS) is 25.9. The molecule has 4 rings (SSSR count). The smallest absolute Gasteiger partial charge is 0.253 e. The Balaban J connectivity index is 1.59. The van der Waals surface area contributed by atoms with Gasteiger partial charge in [-0.25, -0.2) is 0 Å². The number of benzene rings is 1. The molecular weight excluding hydrogens is 250 g/mol. The van der Waals surface area contributed by atoms with E-state index in [0.717, 1.165) is 42.6 Å². The summed E-state index contributed by atoms with van der Waals surface area (Å²) in [7, 11) is 0. The average molecular weight is 269 g/mol. The van der Waals surface area contributed by atoms with Crippen molar-refractivity contribution in [2.45, 2.75) is 6.42 Å². The van der Waals surface area contributed by atoms with Crippen LogP contribution in [0.4, 0.5) is 0 Å². The highest BCUT2D eigenvalue weighted by molar-refractivity contribution is 5.98. The van der Waals surface area contributed by atoms with Crippen LogP contribution in [-0.4, -0.2) is 42.0 Å². The minimum Gasteiger partial charge on any atom is -0.361 e. The number of hydrogen-bond donors (Lipinski definition) is 2. The molecule has 20 heavy (non-hydrogen) atoms. The Morgan fingerprint density at radius 1 is 1.15 bits per heavy atom. The Kier molecular flexibility index (Phi) is 2.77. The van der Waals surface area contributed by atoms with E-state index in [1.807, 2.05) is 35.4 Å². The topological polar surface area (TPSA) is 48.1 Å². The van der Waals surface area contributed by atoms with Crippen LogP contribution in [0.3, 0.4) is 0 Å². The first kappa shape index (κ1) is 12.0. The van der Waals surface area contributed by atoms with E-state index in [2.05, 4.69) is 10.3 Å². The van der Waals surface area contributed by atoms with Gasteiger partial charge in [-0.3, -0.25) is 4.79 Å². The summed E-state index contributed by atoms with van der Waals surface area (Å²) in [6, 6.07) is 7.94. The summed E-state index contributed by atoms with van der Waals surface area (Å²) in [5.74, 6) is 1.44. The first-order valence-electron chi connectivity index (χ1n) is 7.37. The number of hydrogen-bond acceptors (Lipinski definition) is 2. The molecule has 0 radical (unpaired) electrons. The van der Waals surface area contributed by atoms with Crippen LogP contribution in [0.25, 0.3) is 10.9 Å². The van der Waals surface area contributed by atoms with E-state index in [9.17, 15) is 4.79 Å². The fourth-order valence-electron chi connectivity index (χ4n) is 3.64. The number of H-pyrrole nitrogens is 1. The van der Waals surface area contributed by atoms with Crippen molar-refractivity contribution >= 4 is 16.8 Å². The molecule has 0 saturated carbocycles. The molecule has 1 aromatic heterocycles. The molecule has 2 bridgehead atoms. The zero-order chi connectivity index (χ0) is 13.5. The second-order valence-corrected chi connectivity index (χ2v) is 6.12. The summed E-state index contributed by atoms with van der Waals surface area (Å²) in [5.41, 5.74) is 1.89. The predicted molar refractivity (Wildman–Crippen MR) is 78.7 cm³/mol. The largest absolute Gasteiger partial charge is 0.361 e. The molecular formula is C16H19N3O. The number of aromatic nitrogens is 1. The van der Waals surface area contributed by atoms with Crippen LogP contribution in [0.1, 0.15) is 16.8 Å². The quantitative estimate of drug-likeness (QED) is 0.830. The minimum absolute atomic E-state index is 0.185. The number of piperidine rings is 2. The Hall–Kier alpha value is -1.81. The lowest BCUT2D eigenvalue weighted by atomic mass is 9.85. The predicted octanol–water partition coefficient (Wildman–Crippen LogP) is 1.85. The molecule has 3 heterocycles. The highest BCUT2D eigenvalue weighted by atomic mass is 16.2. The van der Waals surface area contributed by atoms with E-state index in [4.69, 9.17) is 0 Å². The number of likely N-dealkylation sites (tertiary alicyclic amines) is 1. The number of aromatic amines is 1. The summed E-state index contributed by atoms with van der Waals surface area (Å²) >= 11 is 0. The van der Waals surface area contributed by atoms with Crippen molar-refractivity contribution in [2.24, 2.45) is 11.8 Å². The van der Waals surface area contributed by atoms with Crippen LogP contribution < -0.4 is 5.32 Å². The summed E-state index contributed by atoms with van der Waals surface area (Å²) in [5, 5.41) is 4.57. The monoisotopic (exact) mass is 269 g/mol. The van der Waals surface area contributed by atoms with Crippen molar-refractivity contribution in [3.05, 3.63) is 36.0 Å². The molecule has 0 unspecified atom stereocenters. The van der Waals surface area contributed by atoms with Crippen LogP contribution in [0, 0.1) is 11.8 Å². The molecule has 2 aliphatic rings. The van der Waals surface area contributed by atoms with E-state index in [1.165, 1.54) is 6.42 Å². The van der Waals surface area contributed by atoms with Gasteiger partial charge in [-0.05, 0) is 55.6 Å². The maximum Gasteiger partial charge on any atom is 0.253 e. The molecule has 0 spiro atoms. The first-order valence-corrected chi connectivity index (χ1v) is 7.37. The molecule has 2 saturated heterocycles. The van der Waals surface area contributed by atoms with Gasteiger partial charge in [0.25, 0.3) is 5.91 Å². The molecule has 4 heteroatoms. The number of fused-ring (bicyclic) bond motifs is 3. The van der Waals surface area contributed by atoms with Crippen molar-refractivity contribution < 1.29 is 4.79 Å². The van der Waals surface area contributed by atoms with Gasteiger partial charge in [-0.2, -0.15) is 0 Å². The number of nitrogens with one attached hydrogen (secondary N) is 2. The van der Waals surface area contributed by atoms with Crippen LogP contribution in [0.5, 0.6) is 0 Å². The maximum absolute atomic E-state index is 12.7. The fraction of sp³-hybridized carbons (Fsp3) is 0.438. The van der Waals surface area contributed by atoms with Gasteiger partial charge in [0.2, 0.25) is 0 Å². The first-order chi connectivity index (χ1) is 9.79. The zero-order valence-corrected chi connectivity index (χ0v) is 11.4. The van der Waals surface area contributed by atoms with Gasteiger partial charge in [0, 0.05) is 35.8 Å². The lowest BCUT2D eigenvalue weighted by Gasteiger charge is -2.41. The van der Waals surface area contributed by atoms with Crippen molar-refractivity contribution in [1.29, 1.82) is 0 Å². The number of nitrogens with zero attached hydrogens (tertiary/aromatic N) is 1. The second kappa shape index (κ2) is 4.63. The number of carbonyl (C=O) groups is 1. The van der Waals surface area contributed by atoms with Crippen molar-refractivity contribution in [1.82, 2.24) is 15.2 Å². The molecule has 2 atom stereocenters. The van der Waals surface area contributed by atoms with E-state index >= 15 is 0 Å². The molecule has 2 aliphatic heterocycles. The van der Waals surface area contributed by atoms with E-state index in [1.54, 1.807) is 0 Å². The lowest BCUT2D eigenvalue weighted by molar-refractivity contribution is 0.0538. The van der Waals surface area contributed by atoms with E-state index in [0.29, 0.717) is 11.8 Å². The van der Waals surface area contributed by atoms with Crippen molar-refractivity contribution in [3.63, 3.8) is 0 Å². The van der Waals surface area contributed by atoms with Gasteiger partial charge in [0.05, 0.1) is 0 Å². The fourth-order valence-corrected chi connectivity index (χ4v) is 3.64.